The van der Waals surface area contributed by atoms with Crippen LogP contribution in [0, 0.1) is 0 Å². The molecule has 0 saturated carbocycles. The van der Waals surface area contributed by atoms with Crippen LogP contribution in [0.3, 0.4) is 0 Å². The smallest absolute Gasteiger partial charge is 0.190 e. The number of pyridine rings is 1. The van der Waals surface area contributed by atoms with Gasteiger partial charge in [-0.15, -0.1) is 0 Å². The molecule has 0 unspecified atom stereocenters. The highest BCUT2D eigenvalue weighted by Crippen LogP contribution is 2.25. The molecule has 0 aliphatic carbocycles. The van der Waals surface area contributed by atoms with Crippen LogP contribution in [0.25, 0.3) is 0 Å². The maximum atomic E-state index is 5.76. The summed E-state index contributed by atoms with van der Waals surface area (Å²) in [6, 6.07) is 3.67. The van der Waals surface area contributed by atoms with E-state index in [1.54, 1.807) is 16.9 Å². The molecule has 2 aromatic heterocycles. The van der Waals surface area contributed by atoms with E-state index >= 15 is 0 Å². The molecular weight excluding hydrogens is 220 g/mol. The normalized spacial score (nSPS) is 10.4. The summed E-state index contributed by atoms with van der Waals surface area (Å²) in [5.41, 5.74) is 0. The summed E-state index contributed by atoms with van der Waals surface area (Å²) in [6.45, 7) is 0. The standard InChI is InChI=1S/C8H7ClN4S/c1-13-8(11-5-12-13)14-6-2-3-10-7(9)4-6/h2-5H,1H3. The lowest BCUT2D eigenvalue weighted by Crippen LogP contribution is -1.92. The fourth-order valence-electron chi connectivity index (χ4n) is 0.932. The molecule has 2 aromatic rings. The Balaban J connectivity index is 2.23. The molecule has 6 heteroatoms. The summed E-state index contributed by atoms with van der Waals surface area (Å²) in [4.78, 5) is 8.99. The van der Waals surface area contributed by atoms with E-state index in [1.807, 2.05) is 13.1 Å². The topological polar surface area (TPSA) is 43.6 Å². The largest absolute Gasteiger partial charge is 0.244 e. The van der Waals surface area contributed by atoms with Gasteiger partial charge < -0.3 is 0 Å². The molecule has 0 saturated heterocycles. The summed E-state index contributed by atoms with van der Waals surface area (Å²) < 4.78 is 1.71. The third-order valence-electron chi connectivity index (χ3n) is 1.58. The Kier molecular flexibility index (Phi) is 2.69. The van der Waals surface area contributed by atoms with Gasteiger partial charge in [0.1, 0.15) is 11.5 Å². The maximum Gasteiger partial charge on any atom is 0.190 e. The van der Waals surface area contributed by atoms with Crippen molar-refractivity contribution in [3.63, 3.8) is 0 Å². The summed E-state index contributed by atoms with van der Waals surface area (Å²) in [7, 11) is 1.85. The molecule has 0 fully saturated rings. The van der Waals surface area contributed by atoms with Gasteiger partial charge in [-0.25, -0.2) is 14.6 Å². The van der Waals surface area contributed by atoms with E-state index in [2.05, 4.69) is 15.1 Å². The number of aromatic nitrogens is 4. The highest BCUT2D eigenvalue weighted by molar-refractivity contribution is 7.99. The number of nitrogens with zero attached hydrogens (tertiary/aromatic N) is 4. The van der Waals surface area contributed by atoms with Crippen molar-refractivity contribution in [1.29, 1.82) is 0 Å². The van der Waals surface area contributed by atoms with Crippen molar-refractivity contribution in [2.75, 3.05) is 0 Å². The Morgan fingerprint density at radius 3 is 2.93 bits per heavy atom. The zero-order valence-electron chi connectivity index (χ0n) is 7.38. The van der Waals surface area contributed by atoms with E-state index in [0.717, 1.165) is 10.1 Å². The number of halogens is 1. The summed E-state index contributed by atoms with van der Waals surface area (Å²) in [5.74, 6) is 0. The second-order valence-electron chi connectivity index (χ2n) is 2.58. The maximum absolute atomic E-state index is 5.76. The van der Waals surface area contributed by atoms with Gasteiger partial charge in [-0.05, 0) is 23.9 Å². The van der Waals surface area contributed by atoms with Crippen molar-refractivity contribution in [1.82, 2.24) is 19.7 Å². The zero-order valence-corrected chi connectivity index (χ0v) is 8.96. The van der Waals surface area contributed by atoms with Crippen LogP contribution in [0.15, 0.2) is 34.7 Å². The van der Waals surface area contributed by atoms with E-state index in [-0.39, 0.29) is 0 Å². The van der Waals surface area contributed by atoms with Crippen LogP contribution < -0.4 is 0 Å². The van der Waals surface area contributed by atoms with Crippen molar-refractivity contribution in [2.45, 2.75) is 10.1 Å². The molecule has 72 valence electrons. The Labute approximate surface area is 90.3 Å². The third kappa shape index (κ3) is 2.05. The lowest BCUT2D eigenvalue weighted by molar-refractivity contribution is 0.685. The Morgan fingerprint density at radius 1 is 1.43 bits per heavy atom. The van der Waals surface area contributed by atoms with E-state index < -0.39 is 0 Å². The molecule has 2 rings (SSSR count). The van der Waals surface area contributed by atoms with Crippen LogP contribution in [-0.2, 0) is 7.05 Å². The average molecular weight is 227 g/mol. The fraction of sp³-hybridized carbons (Fsp3) is 0.125. The minimum absolute atomic E-state index is 0.483. The van der Waals surface area contributed by atoms with Crippen molar-refractivity contribution in [3.05, 3.63) is 29.8 Å². The molecule has 0 N–H and O–H groups in total. The lowest BCUT2D eigenvalue weighted by atomic mass is 10.5. The van der Waals surface area contributed by atoms with Crippen molar-refractivity contribution >= 4 is 23.4 Å². The molecule has 14 heavy (non-hydrogen) atoms. The van der Waals surface area contributed by atoms with Gasteiger partial charge in [-0.2, -0.15) is 5.10 Å². The third-order valence-corrected chi connectivity index (χ3v) is 2.83. The highest BCUT2D eigenvalue weighted by Gasteiger charge is 2.03. The average Bonchev–Trinajstić information content (AvgIpc) is 2.52. The number of hydrogen-bond donors (Lipinski definition) is 0. The molecule has 4 nitrogen and oxygen atoms in total. The number of rotatable bonds is 2. The molecule has 0 radical (unpaired) electrons. The number of hydrogen-bond acceptors (Lipinski definition) is 4. The van der Waals surface area contributed by atoms with Crippen LogP contribution in [-0.4, -0.2) is 19.7 Å². The fourth-order valence-corrected chi connectivity index (χ4v) is 1.96. The predicted octanol–water partition coefficient (Wildman–Crippen LogP) is 2.01. The molecule has 0 aliphatic heterocycles. The zero-order chi connectivity index (χ0) is 9.97. The van der Waals surface area contributed by atoms with E-state index in [4.69, 9.17) is 11.6 Å². The minimum atomic E-state index is 0.483. The first-order valence-corrected chi connectivity index (χ1v) is 5.08. The first-order chi connectivity index (χ1) is 6.75. The van der Waals surface area contributed by atoms with Crippen molar-refractivity contribution in [2.24, 2.45) is 7.05 Å². The van der Waals surface area contributed by atoms with Gasteiger partial charge in [0.05, 0.1) is 0 Å². The second-order valence-corrected chi connectivity index (χ2v) is 4.01. The molecule has 0 amide bonds. The Morgan fingerprint density at radius 2 is 2.29 bits per heavy atom. The van der Waals surface area contributed by atoms with Crippen molar-refractivity contribution < 1.29 is 0 Å². The van der Waals surface area contributed by atoms with E-state index in [0.29, 0.717) is 5.15 Å². The van der Waals surface area contributed by atoms with Crippen LogP contribution >= 0.6 is 23.4 Å². The van der Waals surface area contributed by atoms with Crippen LogP contribution in [0.1, 0.15) is 0 Å². The minimum Gasteiger partial charge on any atom is -0.244 e. The first-order valence-electron chi connectivity index (χ1n) is 3.89. The van der Waals surface area contributed by atoms with Crippen molar-refractivity contribution in [3.8, 4) is 0 Å². The van der Waals surface area contributed by atoms with Crippen LogP contribution in [0.2, 0.25) is 5.15 Å². The Bertz CT molecular complexity index is 442. The molecule has 0 aliphatic rings. The summed E-state index contributed by atoms with van der Waals surface area (Å²) in [5, 5.41) is 5.28. The van der Waals surface area contributed by atoms with Gasteiger partial charge in [0.2, 0.25) is 0 Å². The monoisotopic (exact) mass is 226 g/mol. The van der Waals surface area contributed by atoms with E-state index in [9.17, 15) is 0 Å². The highest BCUT2D eigenvalue weighted by atomic mass is 35.5. The molecular formula is C8H7ClN4S. The molecule has 0 spiro atoms. The quantitative estimate of drug-likeness (QED) is 0.735. The van der Waals surface area contributed by atoms with Crippen LogP contribution in [0.4, 0.5) is 0 Å². The first kappa shape index (κ1) is 9.48. The van der Waals surface area contributed by atoms with Gasteiger partial charge >= 0.3 is 0 Å². The molecule has 0 aromatic carbocycles. The molecule has 0 bridgehead atoms. The van der Waals surface area contributed by atoms with Gasteiger partial charge in [0.15, 0.2) is 5.16 Å². The molecule has 0 atom stereocenters. The van der Waals surface area contributed by atoms with Crippen LogP contribution in [0.5, 0.6) is 0 Å². The Hall–Kier alpha value is -1.07. The SMILES string of the molecule is Cn1ncnc1Sc1ccnc(Cl)c1. The van der Waals surface area contributed by atoms with Gasteiger partial charge in [-0.3, -0.25) is 0 Å². The summed E-state index contributed by atoms with van der Waals surface area (Å²) in [6.07, 6.45) is 3.19. The number of aryl methyl sites for hydroxylation is 1. The van der Waals surface area contributed by atoms with Gasteiger partial charge in [0.25, 0.3) is 0 Å². The molecule has 2 heterocycles. The lowest BCUT2D eigenvalue weighted by Gasteiger charge is -1.99. The van der Waals surface area contributed by atoms with Gasteiger partial charge in [0, 0.05) is 18.1 Å². The van der Waals surface area contributed by atoms with E-state index in [1.165, 1.54) is 18.1 Å². The van der Waals surface area contributed by atoms with Gasteiger partial charge in [-0.1, -0.05) is 11.6 Å². The second kappa shape index (κ2) is 3.98. The summed E-state index contributed by atoms with van der Waals surface area (Å²) >= 11 is 7.26. The predicted molar refractivity (Wildman–Crippen MR) is 54.4 cm³/mol.